The third-order valence-corrected chi connectivity index (χ3v) is 4.12. The molecule has 0 aromatic heterocycles. The van der Waals surface area contributed by atoms with Crippen LogP contribution in [0.4, 0.5) is 4.39 Å². The van der Waals surface area contributed by atoms with E-state index in [1.807, 2.05) is 26.0 Å². The van der Waals surface area contributed by atoms with Crippen molar-refractivity contribution in [1.82, 2.24) is 0 Å². The molecule has 2 N–H and O–H groups in total. The van der Waals surface area contributed by atoms with Crippen molar-refractivity contribution in [2.45, 2.75) is 60.1 Å². The summed E-state index contributed by atoms with van der Waals surface area (Å²) in [6.45, 7) is 10.7. The fourth-order valence-electron chi connectivity index (χ4n) is 1.36. The van der Waals surface area contributed by atoms with Crippen LogP contribution in [0.3, 0.4) is 0 Å². The third-order valence-electron chi connectivity index (χ3n) is 2.08. The first-order valence-electron chi connectivity index (χ1n) is 6.91. The van der Waals surface area contributed by atoms with E-state index in [1.54, 1.807) is 6.08 Å². The van der Waals surface area contributed by atoms with Crippen LogP contribution < -0.4 is 26.9 Å². The number of halogens is 2. The molecule has 1 unspecified atom stereocenters. The fourth-order valence-corrected chi connectivity index (χ4v) is 3.02. The first-order chi connectivity index (χ1) is 8.60. The summed E-state index contributed by atoms with van der Waals surface area (Å²) in [5, 5.41) is 0. The molecule has 110 valence electrons. The van der Waals surface area contributed by atoms with Gasteiger partial charge in [-0.3, -0.25) is 0 Å². The molecule has 0 fully saturated rings. The molecule has 0 aromatic carbocycles. The Labute approximate surface area is 123 Å². The number of nitrogens with two attached hydrogens (primary N) is 1. The van der Waals surface area contributed by atoms with Gasteiger partial charge >= 0.3 is 70.3 Å². The Morgan fingerprint density at radius 1 is 1.44 bits per heavy atom. The predicted molar refractivity (Wildman–Crippen MR) is 76.9 cm³/mol. The molecule has 1 aliphatic rings. The topological polar surface area (TPSA) is 26.0 Å². The van der Waals surface area contributed by atoms with Gasteiger partial charge in [0.05, 0.1) is 0 Å². The van der Waals surface area contributed by atoms with E-state index < -0.39 is 6.17 Å². The van der Waals surface area contributed by atoms with Gasteiger partial charge in [0.25, 0.3) is 0 Å². The van der Waals surface area contributed by atoms with E-state index in [4.69, 9.17) is 5.73 Å². The summed E-state index contributed by atoms with van der Waals surface area (Å²) in [7, 11) is 0. The average molecular weight is 370 g/mol. The molecule has 3 heteroatoms. The van der Waals surface area contributed by atoms with E-state index in [2.05, 4.69) is 20.8 Å². The molecule has 0 aromatic rings. The molecule has 1 atom stereocenters. The van der Waals surface area contributed by atoms with Gasteiger partial charge in [-0.15, -0.1) is 0 Å². The molecule has 0 heterocycles. The van der Waals surface area contributed by atoms with Crippen molar-refractivity contribution in [2.75, 3.05) is 4.55 Å². The van der Waals surface area contributed by atoms with E-state index >= 15 is 0 Å². The van der Waals surface area contributed by atoms with E-state index in [9.17, 15) is 4.39 Å². The molecule has 0 saturated heterocycles. The Kier molecular flexibility index (Phi) is 17.2. The Morgan fingerprint density at radius 3 is 2.39 bits per heavy atom. The molecular formula is C15H30FIN-. The van der Waals surface area contributed by atoms with Crippen molar-refractivity contribution < 1.29 is 25.6 Å². The molecule has 0 amide bonds. The summed E-state index contributed by atoms with van der Waals surface area (Å²) < 4.78 is 14.5. The molecule has 1 aliphatic carbocycles. The van der Waals surface area contributed by atoms with E-state index in [1.165, 1.54) is 12.8 Å². The van der Waals surface area contributed by atoms with Crippen molar-refractivity contribution in [2.24, 2.45) is 11.7 Å². The molecule has 1 nitrogen and oxygen atoms in total. The molecule has 0 saturated carbocycles. The summed E-state index contributed by atoms with van der Waals surface area (Å²) in [4.78, 5) is 0. The van der Waals surface area contributed by atoms with Gasteiger partial charge in [-0.25, -0.2) is 0 Å². The number of alkyl halides is 2. The zero-order valence-electron chi connectivity index (χ0n) is 12.5. The fraction of sp³-hybridized carbons (Fsp3) is 0.733. The molecule has 0 aliphatic heterocycles. The maximum atomic E-state index is 12.6. The van der Waals surface area contributed by atoms with Crippen LogP contribution in [0.1, 0.15) is 53.9 Å². The molecule has 0 bridgehead atoms. The second kappa shape index (κ2) is 15.2. The minimum absolute atomic E-state index is 0.108. The predicted octanol–water partition coefficient (Wildman–Crippen LogP) is 1.64. The van der Waals surface area contributed by atoms with Gasteiger partial charge in [0, 0.05) is 0 Å². The van der Waals surface area contributed by atoms with Gasteiger partial charge in [-0.1, -0.05) is 47.5 Å². The number of allylic oxidation sites excluding steroid dienone is 4. The molecule has 1 rings (SSSR count). The van der Waals surface area contributed by atoms with Gasteiger partial charge in [-0.05, 0) is 5.92 Å². The third kappa shape index (κ3) is 14.2. The zero-order valence-corrected chi connectivity index (χ0v) is 14.7. The first kappa shape index (κ1) is 20.4. The normalized spacial score (nSPS) is 17.6. The van der Waals surface area contributed by atoms with Gasteiger partial charge in [0.1, 0.15) is 0 Å². The Hall–Kier alpha value is 0.1000. The van der Waals surface area contributed by atoms with Gasteiger partial charge in [0.15, 0.2) is 0 Å². The molecular weight excluding hydrogens is 340 g/mol. The van der Waals surface area contributed by atoms with E-state index in [0.29, 0.717) is 11.0 Å². The van der Waals surface area contributed by atoms with Crippen LogP contribution in [0.15, 0.2) is 21.8 Å². The van der Waals surface area contributed by atoms with Crippen molar-refractivity contribution in [3.05, 3.63) is 21.8 Å². The van der Waals surface area contributed by atoms with Crippen LogP contribution in [0.2, 0.25) is 0 Å². The van der Waals surface area contributed by atoms with E-state index in [0.717, 1.165) is 9.50 Å². The van der Waals surface area contributed by atoms with Crippen LogP contribution in [-0.2, 0) is 0 Å². The standard InChI is InChI=1S/C7H10FIN.C6H14.C2H6/c8-6-2-1-3-7(4-6)9-5-10;1-4-5-6(2)3;1-2/h1,3-4,6H,2,5,10H2;6H,4-5H2,1-3H3;1-2H3/q-1;;. The summed E-state index contributed by atoms with van der Waals surface area (Å²) in [6.07, 6.45) is 8.06. The van der Waals surface area contributed by atoms with Gasteiger partial charge in [0.2, 0.25) is 0 Å². The maximum absolute atomic E-state index is 12.6. The van der Waals surface area contributed by atoms with Crippen LogP contribution in [0.5, 0.6) is 0 Å². The van der Waals surface area contributed by atoms with Crippen LogP contribution in [0, 0.1) is 5.92 Å². The minimum atomic E-state index is -0.758. The van der Waals surface area contributed by atoms with E-state index in [-0.39, 0.29) is 21.2 Å². The quantitative estimate of drug-likeness (QED) is 0.455. The molecule has 0 radical (unpaired) electrons. The van der Waals surface area contributed by atoms with Crippen LogP contribution in [-0.4, -0.2) is 10.7 Å². The average Bonchev–Trinajstić information content (AvgIpc) is 2.33. The van der Waals surface area contributed by atoms with Crippen LogP contribution in [0.25, 0.3) is 0 Å². The van der Waals surface area contributed by atoms with Crippen LogP contribution >= 0.6 is 0 Å². The van der Waals surface area contributed by atoms with Crippen molar-refractivity contribution in [3.8, 4) is 0 Å². The van der Waals surface area contributed by atoms with Crippen molar-refractivity contribution >= 4 is 0 Å². The SMILES string of the molecule is CC.CCCC(C)C.NC[I-]C1=CC(F)CC=C1. The zero-order chi connectivity index (χ0) is 14.4. The van der Waals surface area contributed by atoms with Crippen molar-refractivity contribution in [1.29, 1.82) is 0 Å². The number of hydrogen-bond acceptors (Lipinski definition) is 1. The molecule has 18 heavy (non-hydrogen) atoms. The summed E-state index contributed by atoms with van der Waals surface area (Å²) in [6, 6.07) is 0. The summed E-state index contributed by atoms with van der Waals surface area (Å²) in [5.41, 5.74) is 5.36. The Morgan fingerprint density at radius 2 is 2.06 bits per heavy atom. The van der Waals surface area contributed by atoms with Gasteiger partial charge in [-0.2, -0.15) is 0 Å². The Balaban J connectivity index is 0. The monoisotopic (exact) mass is 370 g/mol. The second-order valence-corrected chi connectivity index (χ2v) is 7.07. The summed E-state index contributed by atoms with van der Waals surface area (Å²) >= 11 is -0.108. The Bertz CT molecular complexity index is 225. The second-order valence-electron chi connectivity index (χ2n) is 4.18. The van der Waals surface area contributed by atoms with Gasteiger partial charge < -0.3 is 0 Å². The van der Waals surface area contributed by atoms with Crippen molar-refractivity contribution in [3.63, 3.8) is 0 Å². The molecule has 0 spiro atoms. The first-order valence-corrected chi connectivity index (χ1v) is 9.52. The number of hydrogen-bond donors (Lipinski definition) is 1. The number of rotatable bonds is 4. The summed E-state index contributed by atoms with van der Waals surface area (Å²) in [5.74, 6) is 0.898.